The number of carbonyl (C=O) groups is 4. The van der Waals surface area contributed by atoms with Crippen LogP contribution in [-0.4, -0.2) is 36.5 Å². The second-order valence-electron chi connectivity index (χ2n) is 5.56. The van der Waals surface area contributed by atoms with Crippen LogP contribution in [-0.2, 0) is 19.1 Å². The van der Waals surface area contributed by atoms with Crippen LogP contribution in [0.1, 0.15) is 32.8 Å². The van der Waals surface area contributed by atoms with Gasteiger partial charge in [0.05, 0.1) is 0 Å². The van der Waals surface area contributed by atoms with Crippen molar-refractivity contribution in [1.29, 1.82) is 0 Å². The largest absolute Gasteiger partial charge is 0.451 e. The monoisotopic (exact) mass is 361 g/mol. The molecule has 0 aliphatic rings. The zero-order chi connectivity index (χ0) is 19.5. The highest BCUT2D eigenvalue weighted by molar-refractivity contribution is 6.00. The van der Waals surface area contributed by atoms with E-state index in [0.29, 0.717) is 12.0 Å². The maximum atomic E-state index is 12.1. The third-order valence-electron chi connectivity index (χ3n) is 3.22. The number of urea groups is 1. The van der Waals surface area contributed by atoms with Crippen molar-refractivity contribution < 1.29 is 23.9 Å². The third-order valence-corrected chi connectivity index (χ3v) is 3.22. The van der Waals surface area contributed by atoms with Gasteiger partial charge in [-0.15, -0.1) is 0 Å². The first-order chi connectivity index (χ1) is 12.3. The number of rotatable bonds is 7. The van der Waals surface area contributed by atoms with E-state index in [-0.39, 0.29) is 11.7 Å². The van der Waals surface area contributed by atoms with E-state index in [9.17, 15) is 19.2 Å². The quantitative estimate of drug-likeness (QED) is 0.501. The van der Waals surface area contributed by atoms with Gasteiger partial charge in [-0.25, -0.2) is 9.59 Å². The lowest BCUT2D eigenvalue weighted by Gasteiger charge is -2.12. The molecule has 0 radical (unpaired) electrons. The van der Waals surface area contributed by atoms with Crippen LogP contribution in [0.4, 0.5) is 4.79 Å². The highest BCUT2D eigenvalue weighted by atomic mass is 16.5. The molecule has 4 amide bonds. The fourth-order valence-electron chi connectivity index (χ4n) is 1.79. The predicted octanol–water partition coefficient (Wildman–Crippen LogP) is 1.33. The Morgan fingerprint density at radius 2 is 1.77 bits per heavy atom. The first-order valence-electron chi connectivity index (χ1n) is 8.13. The molecule has 1 aromatic carbocycles. The number of hydrogen-bond donors (Lipinski definition) is 3. The molecule has 26 heavy (non-hydrogen) atoms. The molecule has 1 atom stereocenters. The number of imide groups is 1. The Morgan fingerprint density at radius 3 is 2.35 bits per heavy atom. The van der Waals surface area contributed by atoms with Gasteiger partial charge in [-0.1, -0.05) is 37.3 Å². The van der Waals surface area contributed by atoms with Crippen LogP contribution in [0.25, 0.3) is 6.08 Å². The zero-order valence-electron chi connectivity index (χ0n) is 15.0. The highest BCUT2D eigenvalue weighted by Crippen LogP contribution is 2.06. The van der Waals surface area contributed by atoms with Gasteiger partial charge in [0.1, 0.15) is 5.70 Å². The van der Waals surface area contributed by atoms with Crippen LogP contribution >= 0.6 is 0 Å². The Hall–Kier alpha value is -3.16. The second-order valence-corrected chi connectivity index (χ2v) is 5.56. The molecule has 3 N–H and O–H groups in total. The summed E-state index contributed by atoms with van der Waals surface area (Å²) in [5, 5.41) is 6.97. The molecule has 0 aliphatic heterocycles. The average Bonchev–Trinajstić information content (AvgIpc) is 2.59. The van der Waals surface area contributed by atoms with Crippen LogP contribution < -0.4 is 16.0 Å². The number of hydrogen-bond acceptors (Lipinski definition) is 5. The molecule has 8 heteroatoms. The highest BCUT2D eigenvalue weighted by Gasteiger charge is 2.16. The molecule has 0 fully saturated rings. The van der Waals surface area contributed by atoms with Crippen LogP contribution in [0.15, 0.2) is 36.0 Å². The molecule has 0 unspecified atom stereocenters. The summed E-state index contributed by atoms with van der Waals surface area (Å²) in [6.07, 6.45) is 2.14. The van der Waals surface area contributed by atoms with Gasteiger partial charge < -0.3 is 15.4 Å². The van der Waals surface area contributed by atoms with Gasteiger partial charge in [0.2, 0.25) is 5.91 Å². The summed E-state index contributed by atoms with van der Waals surface area (Å²) in [4.78, 5) is 46.6. The Kier molecular flexibility index (Phi) is 8.56. The molecular formula is C18H23N3O5. The zero-order valence-corrected chi connectivity index (χ0v) is 15.0. The smallest absolute Gasteiger partial charge is 0.355 e. The predicted molar refractivity (Wildman–Crippen MR) is 95.6 cm³/mol. The maximum absolute atomic E-state index is 12.1. The summed E-state index contributed by atoms with van der Waals surface area (Å²) in [5.41, 5.74) is 0.561. The fourth-order valence-corrected chi connectivity index (χ4v) is 1.79. The molecule has 140 valence electrons. The second kappa shape index (κ2) is 10.7. The summed E-state index contributed by atoms with van der Waals surface area (Å²) in [6.45, 7) is 4.27. The van der Waals surface area contributed by atoms with E-state index in [0.717, 1.165) is 0 Å². The number of esters is 1. The van der Waals surface area contributed by atoms with Crippen molar-refractivity contribution in [3.05, 3.63) is 41.6 Å². The standard InChI is InChI=1S/C18H23N3O5/c1-4-12(2)19-18(25)21-16(23)11-26-17(24)15(20-13(3)22)10-14-8-6-5-7-9-14/h5-10,12H,4,11H2,1-3H3,(H,20,22)(H2,19,21,23,25)/b15-10-/t12-/m1/s1. The molecule has 0 spiro atoms. The minimum atomic E-state index is -0.887. The Morgan fingerprint density at radius 1 is 1.12 bits per heavy atom. The van der Waals surface area contributed by atoms with Crippen molar-refractivity contribution in [3.63, 3.8) is 0 Å². The van der Waals surface area contributed by atoms with Crippen molar-refractivity contribution >= 4 is 29.9 Å². The summed E-state index contributed by atoms with van der Waals surface area (Å²) in [5.74, 6) is -2.12. The minimum absolute atomic E-state index is 0.0921. The molecule has 0 saturated heterocycles. The molecule has 0 bridgehead atoms. The normalized spacial score (nSPS) is 11.9. The van der Waals surface area contributed by atoms with Crippen LogP contribution in [0.2, 0.25) is 0 Å². The van der Waals surface area contributed by atoms with Gasteiger partial charge in [0.25, 0.3) is 5.91 Å². The van der Waals surface area contributed by atoms with E-state index in [4.69, 9.17) is 4.74 Å². The molecule has 0 aromatic heterocycles. The van der Waals surface area contributed by atoms with Crippen molar-refractivity contribution in [2.75, 3.05) is 6.61 Å². The number of nitrogens with one attached hydrogen (secondary N) is 3. The Balaban J connectivity index is 2.64. The van der Waals surface area contributed by atoms with Crippen molar-refractivity contribution in [2.45, 2.75) is 33.2 Å². The van der Waals surface area contributed by atoms with Crippen LogP contribution in [0, 0.1) is 0 Å². The van der Waals surface area contributed by atoms with Crippen LogP contribution in [0.5, 0.6) is 0 Å². The lowest BCUT2D eigenvalue weighted by atomic mass is 10.2. The van der Waals surface area contributed by atoms with Crippen molar-refractivity contribution in [3.8, 4) is 0 Å². The van der Waals surface area contributed by atoms with E-state index in [1.54, 1.807) is 31.2 Å². The van der Waals surface area contributed by atoms with E-state index < -0.39 is 30.4 Å². The molecule has 0 saturated carbocycles. The maximum Gasteiger partial charge on any atom is 0.355 e. The number of ether oxygens (including phenoxy) is 1. The van der Waals surface area contributed by atoms with E-state index in [1.807, 2.05) is 13.0 Å². The fraction of sp³-hybridized carbons (Fsp3) is 0.333. The Bertz CT molecular complexity index is 685. The SMILES string of the molecule is CC[C@@H](C)NC(=O)NC(=O)COC(=O)/C(=C/c1ccccc1)NC(C)=O. The van der Waals surface area contributed by atoms with E-state index in [2.05, 4.69) is 16.0 Å². The van der Waals surface area contributed by atoms with Gasteiger partial charge in [-0.3, -0.25) is 14.9 Å². The van der Waals surface area contributed by atoms with Crippen LogP contribution in [0.3, 0.4) is 0 Å². The summed E-state index contributed by atoms with van der Waals surface area (Å²) in [6, 6.07) is 8.07. The lowest BCUT2D eigenvalue weighted by Crippen LogP contribution is -2.44. The number of carbonyl (C=O) groups excluding carboxylic acids is 4. The first-order valence-corrected chi connectivity index (χ1v) is 8.13. The van der Waals surface area contributed by atoms with Crippen molar-refractivity contribution in [1.82, 2.24) is 16.0 Å². The summed E-state index contributed by atoms with van der Waals surface area (Å²) in [7, 11) is 0. The third kappa shape index (κ3) is 8.09. The summed E-state index contributed by atoms with van der Waals surface area (Å²) < 4.78 is 4.86. The van der Waals surface area contributed by atoms with Gasteiger partial charge in [-0.05, 0) is 25.0 Å². The molecule has 1 rings (SSSR count). The van der Waals surface area contributed by atoms with Gasteiger partial charge in [0, 0.05) is 13.0 Å². The van der Waals surface area contributed by atoms with Gasteiger partial charge in [0.15, 0.2) is 6.61 Å². The van der Waals surface area contributed by atoms with Gasteiger partial charge in [-0.2, -0.15) is 0 Å². The molecule has 0 aliphatic carbocycles. The lowest BCUT2D eigenvalue weighted by molar-refractivity contribution is -0.145. The first kappa shape index (κ1) is 20.9. The van der Waals surface area contributed by atoms with E-state index >= 15 is 0 Å². The topological polar surface area (TPSA) is 114 Å². The molecule has 1 aromatic rings. The average molecular weight is 361 g/mol. The molecular weight excluding hydrogens is 338 g/mol. The molecule has 0 heterocycles. The summed E-state index contributed by atoms with van der Waals surface area (Å²) >= 11 is 0. The van der Waals surface area contributed by atoms with Crippen molar-refractivity contribution in [2.24, 2.45) is 0 Å². The Labute approximate surface area is 152 Å². The number of amides is 4. The minimum Gasteiger partial charge on any atom is -0.451 e. The number of benzene rings is 1. The van der Waals surface area contributed by atoms with Gasteiger partial charge >= 0.3 is 12.0 Å². The van der Waals surface area contributed by atoms with E-state index in [1.165, 1.54) is 13.0 Å². The molecule has 8 nitrogen and oxygen atoms in total.